The Morgan fingerprint density at radius 2 is 2.09 bits per heavy atom. The Hall–Kier alpha value is -0.520. The highest BCUT2D eigenvalue weighted by Crippen LogP contribution is 2.32. The molecule has 0 saturated heterocycles. The van der Waals surface area contributed by atoms with Gasteiger partial charge in [-0.05, 0) is 15.9 Å². The van der Waals surface area contributed by atoms with Crippen LogP contribution in [0.2, 0.25) is 0 Å². The van der Waals surface area contributed by atoms with Gasteiger partial charge in [-0.3, -0.25) is 4.68 Å². The molecule has 0 bridgehead atoms. The molecule has 1 aromatic heterocycles. The van der Waals surface area contributed by atoms with Crippen LogP contribution in [0, 0.1) is 7.05 Å². The molecule has 0 unspecified atom stereocenters. The zero-order valence-corrected chi connectivity index (χ0v) is 6.78. The second-order valence-corrected chi connectivity index (χ2v) is 2.72. The topological polar surface area (TPSA) is 17.8 Å². The Bertz CT molecular complexity index is 265. The number of aromatic nitrogens is 2. The summed E-state index contributed by atoms with van der Waals surface area (Å²) in [5, 5.41) is 3.12. The fraction of sp³-hybridized carbons (Fsp3) is 0.200. The van der Waals surface area contributed by atoms with E-state index >= 15 is 0 Å². The van der Waals surface area contributed by atoms with Crippen molar-refractivity contribution in [3.63, 3.8) is 0 Å². The van der Waals surface area contributed by atoms with Gasteiger partial charge >= 0.3 is 6.18 Å². The summed E-state index contributed by atoms with van der Waals surface area (Å²) in [6, 6.07) is 0. The van der Waals surface area contributed by atoms with Gasteiger partial charge in [0.2, 0.25) is 0 Å². The van der Waals surface area contributed by atoms with Crippen LogP contribution in [0.4, 0.5) is 13.2 Å². The summed E-state index contributed by atoms with van der Waals surface area (Å²) in [6.45, 7) is 0. The first-order chi connectivity index (χ1) is 4.91. The number of halogens is 4. The molecule has 0 aromatic carbocycles. The maximum atomic E-state index is 11.9. The van der Waals surface area contributed by atoms with Crippen molar-refractivity contribution >= 4 is 15.9 Å². The molecule has 0 spiro atoms. The van der Waals surface area contributed by atoms with E-state index in [0.717, 1.165) is 10.9 Å². The fourth-order valence-corrected chi connectivity index (χ4v) is 1.13. The molecule has 6 heteroatoms. The van der Waals surface area contributed by atoms with Gasteiger partial charge in [-0.1, -0.05) is 0 Å². The van der Waals surface area contributed by atoms with E-state index in [9.17, 15) is 13.2 Å². The first kappa shape index (κ1) is 8.58. The van der Waals surface area contributed by atoms with E-state index in [-0.39, 0.29) is 4.47 Å². The molecule has 1 radical (unpaired) electrons. The second-order valence-electron chi connectivity index (χ2n) is 1.86. The lowest BCUT2D eigenvalue weighted by Crippen LogP contribution is -2.07. The fourth-order valence-electron chi connectivity index (χ4n) is 0.589. The summed E-state index contributed by atoms with van der Waals surface area (Å²) in [5.74, 6) is 0. The predicted octanol–water partition coefficient (Wildman–Crippen LogP) is 2.30. The van der Waals surface area contributed by atoms with Crippen molar-refractivity contribution in [1.82, 2.24) is 9.78 Å². The van der Waals surface area contributed by atoms with E-state index in [0.29, 0.717) is 0 Å². The summed E-state index contributed by atoms with van der Waals surface area (Å²) >= 11 is 2.71. The molecule has 11 heavy (non-hydrogen) atoms. The molecular formula is C5H3BrF3N2. The van der Waals surface area contributed by atoms with E-state index in [1.807, 2.05) is 0 Å². The second kappa shape index (κ2) is 2.51. The highest BCUT2D eigenvalue weighted by molar-refractivity contribution is 9.10. The molecule has 2 nitrogen and oxygen atoms in total. The van der Waals surface area contributed by atoms with Crippen molar-refractivity contribution in [2.45, 2.75) is 6.18 Å². The van der Waals surface area contributed by atoms with Crippen LogP contribution in [-0.4, -0.2) is 9.78 Å². The van der Waals surface area contributed by atoms with E-state index in [1.54, 1.807) is 0 Å². The molecule has 0 aliphatic heterocycles. The maximum Gasteiger partial charge on any atom is 0.436 e. The van der Waals surface area contributed by atoms with Crippen molar-refractivity contribution in [2.24, 2.45) is 0 Å². The third-order valence-electron chi connectivity index (χ3n) is 0.986. The minimum atomic E-state index is -4.41. The molecule has 0 atom stereocenters. The van der Waals surface area contributed by atoms with E-state index in [1.165, 1.54) is 0 Å². The molecule has 1 rings (SSSR count). The van der Waals surface area contributed by atoms with Gasteiger partial charge in [-0.25, -0.2) is 0 Å². The minimum absolute atomic E-state index is 0.0972. The van der Waals surface area contributed by atoms with Crippen molar-refractivity contribution in [1.29, 1.82) is 0 Å². The predicted molar refractivity (Wildman–Crippen MR) is 35.7 cm³/mol. The number of rotatable bonds is 0. The lowest BCUT2D eigenvalue weighted by atomic mass is 10.4. The average molecular weight is 228 g/mol. The standard InChI is InChI=1S/C5H3BrF3N2/c1-11-2-3(6)4(10-11)5(7,8)9/h2H,1H2. The van der Waals surface area contributed by atoms with Gasteiger partial charge < -0.3 is 0 Å². The Morgan fingerprint density at radius 1 is 1.55 bits per heavy atom. The van der Waals surface area contributed by atoms with Crippen molar-refractivity contribution in [3.05, 3.63) is 23.4 Å². The minimum Gasteiger partial charge on any atom is -0.269 e. The van der Waals surface area contributed by atoms with E-state index in [2.05, 4.69) is 28.1 Å². The monoisotopic (exact) mass is 227 g/mol. The molecular weight excluding hydrogens is 225 g/mol. The zero-order valence-electron chi connectivity index (χ0n) is 5.19. The third-order valence-corrected chi connectivity index (χ3v) is 1.57. The average Bonchev–Trinajstić information content (AvgIpc) is 2.08. The number of nitrogens with zero attached hydrogens (tertiary/aromatic N) is 2. The number of hydrogen-bond acceptors (Lipinski definition) is 1. The third kappa shape index (κ3) is 1.74. The van der Waals surface area contributed by atoms with Crippen LogP contribution in [0.5, 0.6) is 0 Å². The van der Waals surface area contributed by atoms with E-state index < -0.39 is 11.9 Å². The van der Waals surface area contributed by atoms with Crippen molar-refractivity contribution in [2.75, 3.05) is 0 Å². The molecule has 0 aliphatic rings. The molecule has 1 aromatic rings. The van der Waals surface area contributed by atoms with Gasteiger partial charge in [-0.15, -0.1) is 0 Å². The van der Waals surface area contributed by atoms with Crippen LogP contribution in [0.1, 0.15) is 5.69 Å². The summed E-state index contributed by atoms with van der Waals surface area (Å²) in [5.41, 5.74) is -0.951. The Labute approximate surface area is 69.1 Å². The molecule has 0 saturated carbocycles. The van der Waals surface area contributed by atoms with Crippen molar-refractivity contribution < 1.29 is 13.2 Å². The normalized spacial score (nSPS) is 12.1. The quantitative estimate of drug-likeness (QED) is 0.666. The van der Waals surface area contributed by atoms with Gasteiger partial charge in [0.1, 0.15) is 0 Å². The SMILES string of the molecule is [CH2]n1cc(Br)c(C(F)(F)F)n1. The van der Waals surface area contributed by atoms with Crippen LogP contribution in [0.25, 0.3) is 0 Å². The first-order valence-corrected chi connectivity index (χ1v) is 3.34. The zero-order chi connectivity index (χ0) is 8.65. The van der Waals surface area contributed by atoms with Crippen LogP contribution >= 0.6 is 15.9 Å². The molecule has 0 N–H and O–H groups in total. The molecule has 0 amide bonds. The van der Waals surface area contributed by atoms with Gasteiger partial charge in [0.25, 0.3) is 0 Å². The van der Waals surface area contributed by atoms with Gasteiger partial charge in [0.05, 0.1) is 11.5 Å². The molecule has 0 aliphatic carbocycles. The molecule has 0 fully saturated rings. The lowest BCUT2D eigenvalue weighted by molar-refractivity contribution is -0.141. The highest BCUT2D eigenvalue weighted by atomic mass is 79.9. The van der Waals surface area contributed by atoms with Gasteiger partial charge in [0.15, 0.2) is 5.69 Å². The van der Waals surface area contributed by atoms with Gasteiger partial charge in [0, 0.05) is 6.20 Å². The smallest absolute Gasteiger partial charge is 0.269 e. The Balaban J connectivity index is 3.13. The Kier molecular flexibility index (Phi) is 1.96. The summed E-state index contributed by atoms with van der Waals surface area (Å²) < 4.78 is 36.5. The van der Waals surface area contributed by atoms with Crippen LogP contribution < -0.4 is 0 Å². The number of alkyl halides is 3. The van der Waals surface area contributed by atoms with E-state index in [4.69, 9.17) is 0 Å². The number of hydrogen-bond donors (Lipinski definition) is 0. The highest BCUT2D eigenvalue weighted by Gasteiger charge is 2.36. The van der Waals surface area contributed by atoms with Crippen LogP contribution in [0.15, 0.2) is 10.7 Å². The summed E-state index contributed by atoms with van der Waals surface area (Å²) in [4.78, 5) is 0. The summed E-state index contributed by atoms with van der Waals surface area (Å²) in [6.07, 6.45) is -3.27. The van der Waals surface area contributed by atoms with Crippen LogP contribution in [0.3, 0.4) is 0 Å². The molecule has 61 valence electrons. The lowest BCUT2D eigenvalue weighted by Gasteiger charge is -2.00. The van der Waals surface area contributed by atoms with Crippen molar-refractivity contribution in [3.8, 4) is 0 Å². The maximum absolute atomic E-state index is 11.9. The Morgan fingerprint density at radius 3 is 2.27 bits per heavy atom. The van der Waals surface area contributed by atoms with Crippen LogP contribution in [-0.2, 0) is 6.18 Å². The largest absolute Gasteiger partial charge is 0.436 e. The summed E-state index contributed by atoms with van der Waals surface area (Å²) in [7, 11) is 3.19. The molecule has 1 heterocycles. The first-order valence-electron chi connectivity index (χ1n) is 2.54. The van der Waals surface area contributed by atoms with Gasteiger partial charge in [-0.2, -0.15) is 18.3 Å².